The van der Waals surface area contributed by atoms with Crippen molar-refractivity contribution in [2.45, 2.75) is 65.3 Å². The van der Waals surface area contributed by atoms with Crippen LogP contribution in [0.3, 0.4) is 0 Å². The summed E-state index contributed by atoms with van der Waals surface area (Å²) in [5.41, 5.74) is 4.28. The number of anilines is 3. The maximum absolute atomic E-state index is 12.6. The van der Waals surface area contributed by atoms with Crippen LogP contribution in [-0.4, -0.2) is 73.1 Å². The van der Waals surface area contributed by atoms with Gasteiger partial charge in [0.25, 0.3) is 0 Å². The summed E-state index contributed by atoms with van der Waals surface area (Å²) < 4.78 is 1.96. The second-order valence-electron chi connectivity index (χ2n) is 11.2. The average molecular weight is 613 g/mol. The van der Waals surface area contributed by atoms with Gasteiger partial charge in [-0.05, 0) is 56.7 Å². The zero-order valence-electron chi connectivity index (χ0n) is 26.6. The zero-order valence-corrected chi connectivity index (χ0v) is 26.6. The van der Waals surface area contributed by atoms with Crippen molar-refractivity contribution in [3.05, 3.63) is 65.4 Å². The molecule has 2 atom stereocenters. The fourth-order valence-corrected chi connectivity index (χ4v) is 5.14. The van der Waals surface area contributed by atoms with Crippen LogP contribution in [0, 0.1) is 19.8 Å². The van der Waals surface area contributed by atoms with Gasteiger partial charge in [0, 0.05) is 56.3 Å². The Morgan fingerprint density at radius 3 is 2.40 bits per heavy atom. The van der Waals surface area contributed by atoms with Gasteiger partial charge in [-0.25, -0.2) is 29.7 Å². The minimum atomic E-state index is -0.321. The van der Waals surface area contributed by atoms with Gasteiger partial charge < -0.3 is 19.8 Å². The molecule has 13 heteroatoms. The van der Waals surface area contributed by atoms with E-state index in [9.17, 15) is 14.4 Å². The number of amides is 3. The molecular formula is C32H40N10O3. The van der Waals surface area contributed by atoms with Crippen molar-refractivity contribution >= 4 is 41.2 Å². The second kappa shape index (κ2) is 13.4. The molecule has 2 saturated carbocycles. The first-order chi connectivity index (χ1) is 21.7. The first kappa shape index (κ1) is 31.5. The Labute approximate surface area is 262 Å². The number of pyridine rings is 1. The zero-order chi connectivity index (χ0) is 32.2. The predicted molar refractivity (Wildman–Crippen MR) is 171 cm³/mol. The fraction of sp³-hybridized carbons (Fsp3) is 0.438. The molecule has 7 rings (SSSR count). The van der Waals surface area contributed by atoms with Gasteiger partial charge in [-0.2, -0.15) is 0 Å². The van der Waals surface area contributed by atoms with E-state index in [0.29, 0.717) is 41.4 Å². The highest BCUT2D eigenvalue weighted by molar-refractivity contribution is 6.13. The number of aldehydes is 1. The standard InChI is InChI=1S/C21H24N8O2.C9H10N2O.C2H6/c1-12-24-17(22-2)7-18(25-12)23-8-15-10-28-9-14(13-4-5-13)6-16(20(28)26-15)29-11-19(30)27(3)21(29)31;1-6-2-3-10-9(11-6)8-4-7(8)5-12;1-2/h6-7,9-10,13H,4-5,8,11H2,1-3H3,(H2,22,23,24,25);2-3,5,7-8H,4H2,1H3;1-2H3/t;7?,8-;/m.0./s1. The van der Waals surface area contributed by atoms with Gasteiger partial charge in [-0.1, -0.05) is 13.8 Å². The van der Waals surface area contributed by atoms with Gasteiger partial charge in [0.2, 0.25) is 5.91 Å². The van der Waals surface area contributed by atoms with Crippen molar-refractivity contribution in [2.24, 2.45) is 5.92 Å². The van der Waals surface area contributed by atoms with Gasteiger partial charge in [0.1, 0.15) is 36.1 Å². The van der Waals surface area contributed by atoms with Crippen molar-refractivity contribution in [3.8, 4) is 0 Å². The van der Waals surface area contributed by atoms with E-state index in [1.54, 1.807) is 6.20 Å². The van der Waals surface area contributed by atoms with Gasteiger partial charge >= 0.3 is 6.03 Å². The molecule has 4 aromatic heterocycles. The van der Waals surface area contributed by atoms with Crippen LogP contribution < -0.4 is 15.5 Å². The lowest BCUT2D eigenvalue weighted by molar-refractivity contribution is -0.123. The molecule has 1 aliphatic heterocycles. The Kier molecular flexibility index (Phi) is 9.35. The minimum Gasteiger partial charge on any atom is -0.373 e. The Bertz CT molecular complexity index is 1720. The van der Waals surface area contributed by atoms with Crippen LogP contribution in [0.5, 0.6) is 0 Å². The summed E-state index contributed by atoms with van der Waals surface area (Å²) in [5, 5.41) is 6.31. The van der Waals surface area contributed by atoms with Gasteiger partial charge in [-0.15, -0.1) is 0 Å². The first-order valence-corrected chi connectivity index (χ1v) is 15.4. The Morgan fingerprint density at radius 2 is 1.78 bits per heavy atom. The molecule has 0 radical (unpaired) electrons. The van der Waals surface area contributed by atoms with Gasteiger partial charge in [-0.3, -0.25) is 14.6 Å². The molecule has 1 saturated heterocycles. The molecule has 2 N–H and O–H groups in total. The molecular weight excluding hydrogens is 572 g/mol. The summed E-state index contributed by atoms with van der Waals surface area (Å²) in [5.74, 6) is 3.69. The lowest BCUT2D eigenvalue weighted by Crippen LogP contribution is -2.30. The van der Waals surface area contributed by atoms with Crippen LogP contribution in [-0.2, 0) is 16.1 Å². The molecule has 3 fully saturated rings. The maximum atomic E-state index is 12.6. The molecule has 3 amide bonds. The van der Waals surface area contributed by atoms with Crippen LogP contribution in [0.1, 0.15) is 73.5 Å². The quantitative estimate of drug-likeness (QED) is 0.215. The summed E-state index contributed by atoms with van der Waals surface area (Å²) in [6.45, 7) is 8.27. The molecule has 236 valence electrons. The number of aryl methyl sites for hydroxylation is 2. The fourth-order valence-electron chi connectivity index (χ4n) is 5.14. The Morgan fingerprint density at radius 1 is 1.02 bits per heavy atom. The predicted octanol–water partition coefficient (Wildman–Crippen LogP) is 4.48. The highest BCUT2D eigenvalue weighted by Gasteiger charge is 2.40. The van der Waals surface area contributed by atoms with Gasteiger partial charge in [0.15, 0.2) is 5.65 Å². The third-order valence-corrected chi connectivity index (χ3v) is 7.83. The number of hydrogen-bond acceptors (Lipinski definition) is 10. The van der Waals surface area contributed by atoms with E-state index in [1.165, 1.54) is 17.5 Å². The largest absolute Gasteiger partial charge is 0.373 e. The smallest absolute Gasteiger partial charge is 0.331 e. The highest BCUT2D eigenvalue weighted by Crippen LogP contribution is 2.44. The molecule has 0 bridgehead atoms. The number of nitrogens with zero attached hydrogens (tertiary/aromatic N) is 8. The number of hydrogen-bond donors (Lipinski definition) is 2. The van der Waals surface area contributed by atoms with E-state index < -0.39 is 0 Å². The van der Waals surface area contributed by atoms with Crippen molar-refractivity contribution in [3.63, 3.8) is 0 Å². The first-order valence-electron chi connectivity index (χ1n) is 15.4. The lowest BCUT2D eigenvalue weighted by atomic mass is 10.1. The summed E-state index contributed by atoms with van der Waals surface area (Å²) >= 11 is 0. The monoisotopic (exact) mass is 612 g/mol. The van der Waals surface area contributed by atoms with Crippen LogP contribution in [0.15, 0.2) is 36.8 Å². The van der Waals surface area contributed by atoms with Crippen LogP contribution in [0.25, 0.3) is 5.65 Å². The van der Waals surface area contributed by atoms with Gasteiger partial charge in [0.05, 0.1) is 17.9 Å². The molecule has 4 aromatic rings. The number of likely N-dealkylation sites (N-methyl/N-ethyl adjacent to an activating group) is 1. The molecule has 45 heavy (non-hydrogen) atoms. The molecule has 3 aliphatic rings. The van der Waals surface area contributed by atoms with E-state index >= 15 is 0 Å². The lowest BCUT2D eigenvalue weighted by Gasteiger charge is -2.17. The minimum absolute atomic E-state index is 0.0343. The van der Waals surface area contributed by atoms with Crippen molar-refractivity contribution in [1.29, 1.82) is 0 Å². The van der Waals surface area contributed by atoms with Crippen molar-refractivity contribution in [1.82, 2.24) is 34.2 Å². The van der Waals surface area contributed by atoms with E-state index in [1.807, 2.05) is 63.5 Å². The summed E-state index contributed by atoms with van der Waals surface area (Å²) in [6.07, 6.45) is 9.98. The topological polar surface area (TPSA) is 151 Å². The Hall–Kier alpha value is -4.94. The van der Waals surface area contributed by atoms with Crippen LogP contribution in [0.2, 0.25) is 0 Å². The summed E-state index contributed by atoms with van der Waals surface area (Å²) in [4.78, 5) is 59.6. The van der Waals surface area contributed by atoms with Crippen molar-refractivity contribution in [2.75, 3.05) is 36.2 Å². The molecule has 2 aliphatic carbocycles. The normalized spacial score (nSPS) is 18.6. The highest BCUT2D eigenvalue weighted by atomic mass is 16.2. The molecule has 1 unspecified atom stereocenters. The Balaban J connectivity index is 0.000000238. The average Bonchev–Trinajstić information content (AvgIpc) is 3.98. The van der Waals surface area contributed by atoms with E-state index in [-0.39, 0.29) is 24.4 Å². The molecule has 13 nitrogen and oxygen atoms in total. The van der Waals surface area contributed by atoms with E-state index in [4.69, 9.17) is 4.98 Å². The van der Waals surface area contributed by atoms with Crippen LogP contribution in [0.4, 0.5) is 22.1 Å². The third kappa shape index (κ3) is 7.08. The number of carbonyl (C=O) groups excluding carboxylic acids is 3. The number of imidazole rings is 1. The van der Waals surface area contributed by atoms with E-state index in [0.717, 1.165) is 53.5 Å². The molecule has 5 heterocycles. The maximum Gasteiger partial charge on any atom is 0.331 e. The number of urea groups is 1. The van der Waals surface area contributed by atoms with Crippen molar-refractivity contribution < 1.29 is 14.4 Å². The number of nitrogens with one attached hydrogen (secondary N) is 2. The van der Waals surface area contributed by atoms with Crippen LogP contribution >= 0.6 is 0 Å². The molecule has 0 aromatic carbocycles. The summed E-state index contributed by atoms with van der Waals surface area (Å²) in [6, 6.07) is 5.39. The summed E-state index contributed by atoms with van der Waals surface area (Å²) in [7, 11) is 3.32. The number of fused-ring (bicyclic) bond motifs is 1. The third-order valence-electron chi connectivity index (χ3n) is 7.83. The number of carbonyl (C=O) groups is 3. The second-order valence-corrected chi connectivity index (χ2v) is 11.2. The SMILES string of the molecule is CC.CNc1cc(NCc2cn3cc(C4CC4)cc(N4CC(=O)N(C)C4=O)c3n2)nc(C)n1.Cc1ccnc([C@H]2CC2C=O)n1. The number of rotatable bonds is 8. The van der Waals surface area contributed by atoms with E-state index in [2.05, 4.69) is 36.8 Å². The number of imide groups is 1. The number of aromatic nitrogens is 6. The molecule has 0 spiro atoms.